The summed E-state index contributed by atoms with van der Waals surface area (Å²) in [6.07, 6.45) is 9.06. The molecule has 0 aromatic carbocycles. The number of nitrogens with two attached hydrogens (primary N) is 1. The van der Waals surface area contributed by atoms with Gasteiger partial charge in [-0.15, -0.1) is 0 Å². The number of carboxylic acid groups (broad SMARTS) is 1. The van der Waals surface area contributed by atoms with Crippen molar-refractivity contribution in [1.29, 1.82) is 0 Å². The molecule has 3 saturated carbocycles. The standard InChI is InChI=1S/C16H26N4O3/c17-12(2-1-9-18-15(21)22)14-19-13(20-23-14)10-16-6-3-11(4-7-16)5-8-16/h11-12,18H,1-10,17H2,(H,21,22)/t11?,12-,16?/m0/s1. The Morgan fingerprint density at radius 1 is 1.39 bits per heavy atom. The van der Waals surface area contributed by atoms with Crippen LogP contribution in [-0.4, -0.2) is 27.9 Å². The van der Waals surface area contributed by atoms with Crippen LogP contribution >= 0.6 is 0 Å². The quantitative estimate of drug-likeness (QED) is 0.665. The second kappa shape index (κ2) is 6.86. The van der Waals surface area contributed by atoms with Gasteiger partial charge in [-0.1, -0.05) is 5.16 Å². The fraction of sp³-hybridized carbons (Fsp3) is 0.812. The molecule has 0 aliphatic heterocycles. The Bertz CT molecular complexity index is 523. The van der Waals surface area contributed by atoms with Crippen LogP contribution in [-0.2, 0) is 6.42 Å². The van der Waals surface area contributed by atoms with Gasteiger partial charge in [0.2, 0.25) is 5.89 Å². The van der Waals surface area contributed by atoms with Crippen LogP contribution in [0.25, 0.3) is 0 Å². The van der Waals surface area contributed by atoms with Gasteiger partial charge in [0.05, 0.1) is 6.04 Å². The molecule has 128 valence electrons. The molecule has 1 amide bonds. The molecule has 4 N–H and O–H groups in total. The van der Waals surface area contributed by atoms with Crippen LogP contribution in [0.4, 0.5) is 4.79 Å². The number of carbonyl (C=O) groups is 1. The zero-order valence-corrected chi connectivity index (χ0v) is 13.5. The predicted octanol–water partition coefficient (Wildman–Crippen LogP) is 2.63. The van der Waals surface area contributed by atoms with Gasteiger partial charge in [0.1, 0.15) is 0 Å². The number of aromatic nitrogens is 2. The lowest BCUT2D eigenvalue weighted by Crippen LogP contribution is -2.36. The minimum atomic E-state index is -1.01. The molecule has 0 radical (unpaired) electrons. The highest BCUT2D eigenvalue weighted by Gasteiger charge is 2.41. The Morgan fingerprint density at radius 3 is 2.74 bits per heavy atom. The van der Waals surface area contributed by atoms with E-state index in [0.29, 0.717) is 30.7 Å². The van der Waals surface area contributed by atoms with Crippen molar-refractivity contribution in [3.63, 3.8) is 0 Å². The molecule has 1 aromatic heterocycles. The second-order valence-electron chi connectivity index (χ2n) is 7.19. The van der Waals surface area contributed by atoms with Crippen molar-refractivity contribution < 1.29 is 14.4 Å². The highest BCUT2D eigenvalue weighted by Crippen LogP contribution is 2.51. The van der Waals surface area contributed by atoms with Gasteiger partial charge >= 0.3 is 6.09 Å². The van der Waals surface area contributed by atoms with E-state index in [-0.39, 0.29) is 6.04 Å². The van der Waals surface area contributed by atoms with Crippen molar-refractivity contribution in [3.05, 3.63) is 11.7 Å². The van der Waals surface area contributed by atoms with Gasteiger partial charge in [-0.3, -0.25) is 0 Å². The number of nitrogens with zero attached hydrogens (tertiary/aromatic N) is 2. The molecule has 3 fully saturated rings. The van der Waals surface area contributed by atoms with E-state index in [4.69, 9.17) is 15.4 Å². The molecule has 23 heavy (non-hydrogen) atoms. The summed E-state index contributed by atoms with van der Waals surface area (Å²) in [5, 5.41) is 15.0. The normalized spacial score (nSPS) is 27.8. The molecule has 0 saturated heterocycles. The summed E-state index contributed by atoms with van der Waals surface area (Å²) in [4.78, 5) is 14.9. The number of amides is 1. The maximum Gasteiger partial charge on any atom is 0.404 e. The van der Waals surface area contributed by atoms with Crippen molar-refractivity contribution in [1.82, 2.24) is 15.5 Å². The largest absolute Gasteiger partial charge is 0.465 e. The Labute approximate surface area is 136 Å². The topological polar surface area (TPSA) is 114 Å². The van der Waals surface area contributed by atoms with Gasteiger partial charge < -0.3 is 20.7 Å². The monoisotopic (exact) mass is 322 g/mol. The van der Waals surface area contributed by atoms with E-state index in [9.17, 15) is 4.79 Å². The summed E-state index contributed by atoms with van der Waals surface area (Å²) < 4.78 is 5.33. The number of fused-ring (bicyclic) bond motifs is 3. The van der Waals surface area contributed by atoms with Crippen LogP contribution in [0.2, 0.25) is 0 Å². The summed E-state index contributed by atoms with van der Waals surface area (Å²) in [5.74, 6) is 2.20. The summed E-state index contributed by atoms with van der Waals surface area (Å²) in [6.45, 7) is 0.383. The van der Waals surface area contributed by atoms with Crippen molar-refractivity contribution in [2.45, 2.75) is 63.8 Å². The Balaban J connectivity index is 1.50. The molecule has 2 bridgehead atoms. The third-order valence-electron chi connectivity index (χ3n) is 5.55. The van der Waals surface area contributed by atoms with E-state index in [2.05, 4.69) is 15.5 Å². The Kier molecular flexibility index (Phi) is 4.84. The maximum absolute atomic E-state index is 10.4. The van der Waals surface area contributed by atoms with Crippen molar-refractivity contribution >= 4 is 6.09 Å². The summed E-state index contributed by atoms with van der Waals surface area (Å²) in [5.41, 5.74) is 6.44. The van der Waals surface area contributed by atoms with E-state index in [1.165, 1.54) is 38.5 Å². The Hall–Kier alpha value is -1.63. The zero-order valence-electron chi connectivity index (χ0n) is 13.5. The molecule has 4 rings (SSSR count). The third kappa shape index (κ3) is 4.02. The maximum atomic E-state index is 10.4. The lowest BCUT2D eigenvalue weighted by Gasteiger charge is -2.46. The Morgan fingerprint density at radius 2 is 2.09 bits per heavy atom. The zero-order chi connectivity index (χ0) is 16.3. The van der Waals surface area contributed by atoms with Crippen LogP contribution < -0.4 is 11.1 Å². The molecule has 1 heterocycles. The van der Waals surface area contributed by atoms with E-state index >= 15 is 0 Å². The van der Waals surface area contributed by atoms with Crippen molar-refractivity contribution in [3.8, 4) is 0 Å². The fourth-order valence-electron chi connectivity index (χ4n) is 4.07. The van der Waals surface area contributed by atoms with E-state index < -0.39 is 6.09 Å². The van der Waals surface area contributed by atoms with Crippen LogP contribution in [0.3, 0.4) is 0 Å². The molecule has 3 aliphatic rings. The minimum Gasteiger partial charge on any atom is -0.465 e. The van der Waals surface area contributed by atoms with E-state index in [0.717, 1.165) is 18.2 Å². The highest BCUT2D eigenvalue weighted by molar-refractivity contribution is 5.64. The summed E-state index contributed by atoms with van der Waals surface area (Å²) in [7, 11) is 0. The number of hydrogen-bond donors (Lipinski definition) is 3. The van der Waals surface area contributed by atoms with Crippen LogP contribution in [0.1, 0.15) is 69.1 Å². The molecule has 0 spiro atoms. The first-order valence-corrected chi connectivity index (χ1v) is 8.61. The van der Waals surface area contributed by atoms with Gasteiger partial charge in [-0.05, 0) is 62.7 Å². The molecule has 7 nitrogen and oxygen atoms in total. The average molecular weight is 322 g/mol. The molecule has 0 unspecified atom stereocenters. The molecular formula is C16H26N4O3. The van der Waals surface area contributed by atoms with Crippen molar-refractivity contribution in [2.24, 2.45) is 17.1 Å². The first-order chi connectivity index (χ1) is 11.1. The second-order valence-corrected chi connectivity index (χ2v) is 7.19. The van der Waals surface area contributed by atoms with Gasteiger partial charge in [-0.25, -0.2) is 4.79 Å². The van der Waals surface area contributed by atoms with E-state index in [1.54, 1.807) is 0 Å². The first kappa shape index (κ1) is 16.2. The average Bonchev–Trinajstić information content (AvgIpc) is 3.01. The lowest BCUT2D eigenvalue weighted by molar-refractivity contribution is 0.0629. The molecular weight excluding hydrogens is 296 g/mol. The third-order valence-corrected chi connectivity index (χ3v) is 5.55. The van der Waals surface area contributed by atoms with Crippen molar-refractivity contribution in [2.75, 3.05) is 6.54 Å². The summed E-state index contributed by atoms with van der Waals surface area (Å²) >= 11 is 0. The number of nitrogens with one attached hydrogen (secondary N) is 1. The van der Waals surface area contributed by atoms with Crippen LogP contribution in [0, 0.1) is 11.3 Å². The number of hydrogen-bond acceptors (Lipinski definition) is 5. The lowest BCUT2D eigenvalue weighted by atomic mass is 9.59. The smallest absolute Gasteiger partial charge is 0.404 e. The molecule has 3 aliphatic carbocycles. The number of rotatable bonds is 7. The van der Waals surface area contributed by atoms with Gasteiger partial charge in [0.25, 0.3) is 0 Å². The molecule has 1 aromatic rings. The van der Waals surface area contributed by atoms with Crippen LogP contribution in [0.15, 0.2) is 4.52 Å². The fourth-order valence-corrected chi connectivity index (χ4v) is 4.07. The SMILES string of the molecule is N[C@@H](CCCNC(=O)O)c1nc(CC23CCC(CC2)CC3)no1. The molecule has 7 heteroatoms. The molecule has 1 atom stereocenters. The van der Waals surface area contributed by atoms with Gasteiger partial charge in [0.15, 0.2) is 5.82 Å². The first-order valence-electron chi connectivity index (χ1n) is 8.61. The summed E-state index contributed by atoms with van der Waals surface area (Å²) in [6, 6.07) is -0.327. The highest BCUT2D eigenvalue weighted by atomic mass is 16.5. The predicted molar refractivity (Wildman–Crippen MR) is 83.8 cm³/mol. The minimum absolute atomic E-state index is 0.327. The van der Waals surface area contributed by atoms with Gasteiger partial charge in [-0.2, -0.15) is 4.98 Å². The van der Waals surface area contributed by atoms with E-state index in [1.807, 2.05) is 0 Å². The van der Waals surface area contributed by atoms with Gasteiger partial charge in [0, 0.05) is 13.0 Å². The van der Waals surface area contributed by atoms with Crippen LogP contribution in [0.5, 0.6) is 0 Å².